The molecule has 0 radical (unpaired) electrons. The average molecular weight is 281 g/mol. The molecule has 1 aromatic carbocycles. The summed E-state index contributed by atoms with van der Waals surface area (Å²) in [5.74, 6) is 0.0327. The maximum Gasteiger partial charge on any atom is 0.311 e. The van der Waals surface area contributed by atoms with Crippen LogP contribution in [0.15, 0.2) is 18.2 Å². The Morgan fingerprint density at radius 1 is 1.50 bits per heavy atom. The molecule has 7 heteroatoms. The molecule has 0 bridgehead atoms. The van der Waals surface area contributed by atoms with Crippen molar-refractivity contribution in [1.82, 2.24) is 5.32 Å². The van der Waals surface area contributed by atoms with E-state index in [0.717, 1.165) is 6.42 Å². The molecule has 0 aromatic heterocycles. The van der Waals surface area contributed by atoms with Crippen LogP contribution in [0.5, 0.6) is 5.75 Å². The van der Waals surface area contributed by atoms with Crippen molar-refractivity contribution in [2.45, 2.75) is 26.3 Å². The minimum atomic E-state index is -0.514. The summed E-state index contributed by atoms with van der Waals surface area (Å²) >= 11 is 0. The number of ether oxygens (including phenoxy) is 1. The Morgan fingerprint density at radius 2 is 2.20 bits per heavy atom. The monoisotopic (exact) mass is 281 g/mol. The number of nitro benzene ring substituents is 1. The number of carbonyl (C=O) groups is 1. The Hall–Kier alpha value is -2.31. The smallest absolute Gasteiger partial charge is 0.311 e. The Balaban J connectivity index is 2.78. The lowest BCUT2D eigenvalue weighted by molar-refractivity contribution is -0.385. The van der Waals surface area contributed by atoms with Crippen LogP contribution in [-0.4, -0.2) is 30.5 Å². The lowest BCUT2D eigenvalue weighted by Crippen LogP contribution is -2.37. The lowest BCUT2D eigenvalue weighted by Gasteiger charge is -2.15. The molecular formula is C13H19N3O4. The number of benzene rings is 1. The van der Waals surface area contributed by atoms with Crippen LogP contribution < -0.4 is 15.4 Å². The van der Waals surface area contributed by atoms with Crippen LogP contribution in [-0.2, 0) is 4.79 Å². The van der Waals surface area contributed by atoms with Crippen LogP contribution in [0.3, 0.4) is 0 Å². The summed E-state index contributed by atoms with van der Waals surface area (Å²) in [6.45, 7) is 4.31. The van der Waals surface area contributed by atoms with Crippen LogP contribution in [0.4, 0.5) is 11.4 Å². The van der Waals surface area contributed by atoms with Gasteiger partial charge in [-0.2, -0.15) is 0 Å². The molecule has 110 valence electrons. The first-order chi connectivity index (χ1) is 9.49. The van der Waals surface area contributed by atoms with Crippen LogP contribution in [0.25, 0.3) is 0 Å². The maximum absolute atomic E-state index is 11.7. The second kappa shape index (κ2) is 7.32. The predicted molar refractivity (Wildman–Crippen MR) is 76.0 cm³/mol. The van der Waals surface area contributed by atoms with Crippen molar-refractivity contribution in [3.05, 3.63) is 28.3 Å². The number of carbonyl (C=O) groups excluding carboxylic acids is 1. The molecule has 0 fully saturated rings. The van der Waals surface area contributed by atoms with Gasteiger partial charge in [0.1, 0.15) is 6.04 Å². The first-order valence-electron chi connectivity index (χ1n) is 6.36. The fourth-order valence-corrected chi connectivity index (χ4v) is 1.64. The predicted octanol–water partition coefficient (Wildman–Crippen LogP) is 1.93. The largest absolute Gasteiger partial charge is 0.490 e. The molecule has 0 spiro atoms. The van der Waals surface area contributed by atoms with E-state index in [1.165, 1.54) is 19.2 Å². The summed E-state index contributed by atoms with van der Waals surface area (Å²) in [6, 6.07) is 3.96. The van der Waals surface area contributed by atoms with E-state index in [9.17, 15) is 14.9 Å². The zero-order valence-corrected chi connectivity index (χ0v) is 11.8. The quantitative estimate of drug-likeness (QED) is 0.588. The van der Waals surface area contributed by atoms with Gasteiger partial charge in [0.25, 0.3) is 0 Å². The third-order valence-corrected chi connectivity index (χ3v) is 2.70. The third-order valence-electron chi connectivity index (χ3n) is 2.70. The zero-order chi connectivity index (χ0) is 15.1. The van der Waals surface area contributed by atoms with Crippen molar-refractivity contribution in [3.63, 3.8) is 0 Å². The van der Waals surface area contributed by atoms with Gasteiger partial charge < -0.3 is 15.4 Å². The molecule has 1 atom stereocenters. The number of amides is 1. The molecular weight excluding hydrogens is 262 g/mol. The van der Waals surface area contributed by atoms with E-state index >= 15 is 0 Å². The van der Waals surface area contributed by atoms with E-state index < -0.39 is 11.0 Å². The second-order valence-electron chi connectivity index (χ2n) is 4.30. The van der Waals surface area contributed by atoms with Gasteiger partial charge in [-0.25, -0.2) is 0 Å². The fraction of sp³-hybridized carbons (Fsp3) is 0.462. The molecule has 7 nitrogen and oxygen atoms in total. The first kappa shape index (κ1) is 15.7. The molecule has 0 heterocycles. The number of nitro groups is 1. The van der Waals surface area contributed by atoms with Crippen LogP contribution >= 0.6 is 0 Å². The van der Waals surface area contributed by atoms with E-state index in [4.69, 9.17) is 4.74 Å². The van der Waals surface area contributed by atoms with Gasteiger partial charge in [0.15, 0.2) is 5.75 Å². The van der Waals surface area contributed by atoms with Gasteiger partial charge in [-0.05, 0) is 19.4 Å². The normalized spacial score (nSPS) is 11.6. The summed E-state index contributed by atoms with van der Waals surface area (Å²) in [7, 11) is 1.36. The first-order valence-corrected chi connectivity index (χ1v) is 6.36. The van der Waals surface area contributed by atoms with Crippen molar-refractivity contribution < 1.29 is 14.5 Å². The minimum Gasteiger partial charge on any atom is -0.490 e. The van der Waals surface area contributed by atoms with Gasteiger partial charge in [0.2, 0.25) is 5.91 Å². The van der Waals surface area contributed by atoms with Crippen molar-refractivity contribution in [1.29, 1.82) is 0 Å². The van der Waals surface area contributed by atoms with Gasteiger partial charge in [-0.15, -0.1) is 0 Å². The number of nitrogens with one attached hydrogen (secondary N) is 2. The minimum absolute atomic E-state index is 0.110. The SMILES string of the molecule is CCCNC(=O)C(C)Nc1ccc([N+](=O)[O-])c(OC)c1. The molecule has 0 aliphatic rings. The van der Waals surface area contributed by atoms with Gasteiger partial charge >= 0.3 is 5.69 Å². The van der Waals surface area contributed by atoms with Crippen LogP contribution in [0, 0.1) is 10.1 Å². The van der Waals surface area contributed by atoms with Crippen molar-refractivity contribution in [3.8, 4) is 5.75 Å². The molecule has 0 aliphatic heterocycles. The number of hydrogen-bond acceptors (Lipinski definition) is 5. The molecule has 0 saturated heterocycles. The number of methoxy groups -OCH3 is 1. The molecule has 0 aliphatic carbocycles. The molecule has 1 aromatic rings. The zero-order valence-electron chi connectivity index (χ0n) is 11.8. The van der Waals surface area contributed by atoms with Crippen molar-refractivity contribution >= 4 is 17.3 Å². The fourth-order valence-electron chi connectivity index (χ4n) is 1.64. The van der Waals surface area contributed by atoms with Crippen molar-refractivity contribution in [2.24, 2.45) is 0 Å². The molecule has 2 N–H and O–H groups in total. The molecule has 1 unspecified atom stereocenters. The standard InChI is InChI=1S/C13H19N3O4/c1-4-7-14-13(17)9(2)15-10-5-6-11(16(18)19)12(8-10)20-3/h5-6,8-9,15H,4,7H2,1-3H3,(H,14,17). The summed E-state index contributed by atoms with van der Waals surface area (Å²) in [6.07, 6.45) is 0.865. The number of anilines is 1. The van der Waals surface area contributed by atoms with Gasteiger partial charge in [-0.1, -0.05) is 6.92 Å². The van der Waals surface area contributed by atoms with Gasteiger partial charge in [-0.3, -0.25) is 14.9 Å². The Morgan fingerprint density at radius 3 is 2.75 bits per heavy atom. The second-order valence-corrected chi connectivity index (χ2v) is 4.30. The molecule has 1 amide bonds. The topological polar surface area (TPSA) is 93.5 Å². The van der Waals surface area contributed by atoms with E-state index in [0.29, 0.717) is 12.2 Å². The van der Waals surface area contributed by atoms with Crippen LogP contribution in [0.1, 0.15) is 20.3 Å². The Bertz CT molecular complexity index is 491. The van der Waals surface area contributed by atoms with Crippen molar-refractivity contribution in [2.75, 3.05) is 19.0 Å². The number of hydrogen-bond donors (Lipinski definition) is 2. The van der Waals surface area contributed by atoms with Gasteiger partial charge in [0, 0.05) is 24.4 Å². The Labute approximate surface area is 117 Å². The number of rotatable bonds is 7. The lowest BCUT2D eigenvalue weighted by atomic mass is 10.2. The summed E-state index contributed by atoms with van der Waals surface area (Å²) < 4.78 is 4.97. The van der Waals surface area contributed by atoms with E-state index in [1.807, 2.05) is 6.92 Å². The van der Waals surface area contributed by atoms with E-state index in [2.05, 4.69) is 10.6 Å². The summed E-state index contributed by atoms with van der Waals surface area (Å²) in [5, 5.41) is 16.5. The Kier molecular flexibility index (Phi) is 5.76. The molecule has 20 heavy (non-hydrogen) atoms. The summed E-state index contributed by atoms with van der Waals surface area (Å²) in [4.78, 5) is 22.0. The number of nitrogens with zero attached hydrogens (tertiary/aromatic N) is 1. The van der Waals surface area contributed by atoms with E-state index in [1.54, 1.807) is 13.0 Å². The molecule has 1 rings (SSSR count). The van der Waals surface area contributed by atoms with E-state index in [-0.39, 0.29) is 17.3 Å². The van der Waals surface area contributed by atoms with Crippen LogP contribution in [0.2, 0.25) is 0 Å². The third kappa shape index (κ3) is 4.11. The average Bonchev–Trinajstić information content (AvgIpc) is 2.44. The summed E-state index contributed by atoms with van der Waals surface area (Å²) in [5.41, 5.74) is 0.479. The highest BCUT2D eigenvalue weighted by molar-refractivity contribution is 5.84. The highest BCUT2D eigenvalue weighted by Gasteiger charge is 2.17. The highest BCUT2D eigenvalue weighted by atomic mass is 16.6. The molecule has 0 saturated carbocycles. The highest BCUT2D eigenvalue weighted by Crippen LogP contribution is 2.29. The van der Waals surface area contributed by atoms with Gasteiger partial charge in [0.05, 0.1) is 12.0 Å². The maximum atomic E-state index is 11.7.